The molecule has 1 N–H and O–H groups in total. The molecule has 1 heterocycles. The van der Waals surface area contributed by atoms with E-state index >= 15 is 0 Å². The average Bonchev–Trinajstić information content (AvgIpc) is 2.53. The van der Waals surface area contributed by atoms with Gasteiger partial charge in [0, 0.05) is 38.5 Å². The van der Waals surface area contributed by atoms with Crippen LogP contribution in [-0.2, 0) is 0 Å². The Bertz CT molecular complexity index is 740. The van der Waals surface area contributed by atoms with Crippen LogP contribution < -0.4 is 0 Å². The van der Waals surface area contributed by atoms with Gasteiger partial charge in [0.25, 0.3) is 0 Å². The van der Waals surface area contributed by atoms with Crippen molar-refractivity contribution < 1.29 is 5.11 Å². The van der Waals surface area contributed by atoms with Crippen molar-refractivity contribution in [2.75, 3.05) is 5.75 Å². The Labute approximate surface area is 136 Å². The lowest BCUT2D eigenvalue weighted by molar-refractivity contribution is 0.205. The molecule has 21 heavy (non-hydrogen) atoms. The highest BCUT2D eigenvalue weighted by molar-refractivity contribution is 9.10. The van der Waals surface area contributed by atoms with Crippen molar-refractivity contribution in [3.63, 3.8) is 0 Å². The first kappa shape index (κ1) is 14.6. The molecule has 0 aliphatic heterocycles. The Morgan fingerprint density at radius 2 is 1.81 bits per heavy atom. The number of nitrogens with zero attached hydrogens (tertiary/aromatic N) is 1. The summed E-state index contributed by atoms with van der Waals surface area (Å²) in [6.07, 6.45) is 3.06. The summed E-state index contributed by atoms with van der Waals surface area (Å²) in [4.78, 5) is 5.37. The van der Waals surface area contributed by atoms with Crippen molar-refractivity contribution in [3.8, 4) is 0 Å². The van der Waals surface area contributed by atoms with E-state index in [9.17, 15) is 5.11 Å². The monoisotopic (exact) mass is 359 g/mol. The zero-order chi connectivity index (χ0) is 14.7. The molecule has 0 spiro atoms. The molecule has 2 aromatic carbocycles. The van der Waals surface area contributed by atoms with E-state index in [-0.39, 0.29) is 0 Å². The fourth-order valence-corrected chi connectivity index (χ4v) is 3.32. The minimum absolute atomic E-state index is 0.530. The van der Waals surface area contributed by atoms with Crippen molar-refractivity contribution >= 4 is 38.5 Å². The number of aliphatic hydroxyl groups excluding tert-OH is 1. The zero-order valence-corrected chi connectivity index (χ0v) is 13.6. The van der Waals surface area contributed by atoms with Crippen molar-refractivity contribution in [1.29, 1.82) is 0 Å². The van der Waals surface area contributed by atoms with Gasteiger partial charge in [-0.05, 0) is 29.7 Å². The van der Waals surface area contributed by atoms with Gasteiger partial charge in [0.1, 0.15) is 0 Å². The molecule has 0 aliphatic carbocycles. The van der Waals surface area contributed by atoms with E-state index in [4.69, 9.17) is 0 Å². The predicted octanol–water partition coefficient (Wildman–Crippen LogP) is 4.82. The summed E-state index contributed by atoms with van der Waals surface area (Å²) >= 11 is 5.06. The molecular formula is C17H14BrNOS. The molecule has 0 aliphatic rings. The van der Waals surface area contributed by atoms with E-state index in [2.05, 4.69) is 20.9 Å². The Morgan fingerprint density at radius 3 is 2.62 bits per heavy atom. The van der Waals surface area contributed by atoms with Gasteiger partial charge in [0.05, 0.1) is 6.10 Å². The summed E-state index contributed by atoms with van der Waals surface area (Å²) < 4.78 is 1.06. The molecule has 0 saturated carbocycles. The molecule has 4 heteroatoms. The van der Waals surface area contributed by atoms with Crippen LogP contribution in [0.2, 0.25) is 0 Å². The van der Waals surface area contributed by atoms with Crippen LogP contribution in [0.3, 0.4) is 0 Å². The number of aromatic nitrogens is 1. The largest absolute Gasteiger partial charge is 0.387 e. The molecule has 0 bridgehead atoms. The maximum atomic E-state index is 10.5. The summed E-state index contributed by atoms with van der Waals surface area (Å²) in [7, 11) is 0. The second kappa shape index (κ2) is 6.60. The van der Waals surface area contributed by atoms with Crippen molar-refractivity contribution in [2.24, 2.45) is 0 Å². The fourth-order valence-electron chi connectivity index (χ4n) is 2.20. The highest BCUT2D eigenvalue weighted by Crippen LogP contribution is 2.29. The van der Waals surface area contributed by atoms with Crippen LogP contribution in [0.25, 0.3) is 10.8 Å². The molecule has 1 atom stereocenters. The number of fused-ring (bicyclic) bond motifs is 1. The van der Waals surface area contributed by atoms with Crippen molar-refractivity contribution in [3.05, 3.63) is 71.0 Å². The van der Waals surface area contributed by atoms with Crippen LogP contribution in [0.1, 0.15) is 11.7 Å². The fraction of sp³-hybridized carbons (Fsp3) is 0.118. The van der Waals surface area contributed by atoms with Gasteiger partial charge in [-0.25, -0.2) is 0 Å². The third kappa shape index (κ3) is 3.46. The number of halogens is 1. The van der Waals surface area contributed by atoms with Crippen LogP contribution in [0, 0.1) is 0 Å². The third-order valence-corrected chi connectivity index (χ3v) is 4.90. The van der Waals surface area contributed by atoms with Gasteiger partial charge >= 0.3 is 0 Å². The SMILES string of the molecule is OC(CSc1ccc(Br)cc1)c1cncc2ccccc12. The first-order valence-electron chi connectivity index (χ1n) is 6.63. The van der Waals surface area contributed by atoms with Crippen LogP contribution in [-0.4, -0.2) is 15.8 Å². The second-order valence-corrected chi connectivity index (χ2v) is 6.74. The maximum absolute atomic E-state index is 10.5. The first-order chi connectivity index (χ1) is 10.2. The highest BCUT2D eigenvalue weighted by atomic mass is 79.9. The quantitative estimate of drug-likeness (QED) is 0.677. The Morgan fingerprint density at radius 1 is 1.05 bits per heavy atom. The first-order valence-corrected chi connectivity index (χ1v) is 8.41. The van der Waals surface area contributed by atoms with Gasteiger partial charge in [-0.1, -0.05) is 40.2 Å². The minimum Gasteiger partial charge on any atom is -0.387 e. The molecule has 106 valence electrons. The number of hydrogen-bond donors (Lipinski definition) is 1. The normalized spacial score (nSPS) is 12.5. The topological polar surface area (TPSA) is 33.1 Å². The molecule has 0 radical (unpaired) electrons. The van der Waals surface area contributed by atoms with E-state index in [1.807, 2.05) is 54.7 Å². The second-order valence-electron chi connectivity index (χ2n) is 4.73. The summed E-state index contributed by atoms with van der Waals surface area (Å²) in [6, 6.07) is 16.1. The van der Waals surface area contributed by atoms with Crippen LogP contribution >= 0.6 is 27.7 Å². The molecule has 0 amide bonds. The molecule has 0 saturated heterocycles. The molecule has 2 nitrogen and oxygen atoms in total. The molecule has 3 rings (SSSR count). The number of pyridine rings is 1. The zero-order valence-electron chi connectivity index (χ0n) is 11.2. The summed E-state index contributed by atoms with van der Waals surface area (Å²) in [6.45, 7) is 0. The number of rotatable bonds is 4. The van der Waals surface area contributed by atoms with E-state index in [0.717, 1.165) is 25.7 Å². The number of aliphatic hydroxyl groups is 1. The van der Waals surface area contributed by atoms with Crippen molar-refractivity contribution in [2.45, 2.75) is 11.0 Å². The van der Waals surface area contributed by atoms with Crippen LogP contribution in [0.5, 0.6) is 0 Å². The standard InChI is InChI=1S/C17H14BrNOS/c18-13-5-7-14(8-6-13)21-11-17(20)16-10-19-9-12-3-1-2-4-15(12)16/h1-10,17,20H,11H2. The number of hydrogen-bond acceptors (Lipinski definition) is 3. The van der Waals surface area contributed by atoms with E-state index in [1.54, 1.807) is 18.0 Å². The molecule has 1 unspecified atom stereocenters. The molecule has 1 aromatic heterocycles. The lowest BCUT2D eigenvalue weighted by atomic mass is 10.0. The lowest BCUT2D eigenvalue weighted by Gasteiger charge is -2.13. The van der Waals surface area contributed by atoms with E-state index in [0.29, 0.717) is 5.75 Å². The van der Waals surface area contributed by atoms with E-state index < -0.39 is 6.10 Å². The van der Waals surface area contributed by atoms with Gasteiger partial charge in [-0.2, -0.15) is 0 Å². The van der Waals surface area contributed by atoms with Gasteiger partial charge in [0.15, 0.2) is 0 Å². The Hall–Kier alpha value is -1.36. The van der Waals surface area contributed by atoms with Gasteiger partial charge < -0.3 is 5.11 Å². The molecular weight excluding hydrogens is 346 g/mol. The van der Waals surface area contributed by atoms with E-state index in [1.165, 1.54) is 0 Å². The Kier molecular flexibility index (Phi) is 4.58. The van der Waals surface area contributed by atoms with Crippen LogP contribution in [0.4, 0.5) is 0 Å². The molecule has 3 aromatic rings. The van der Waals surface area contributed by atoms with Crippen molar-refractivity contribution in [1.82, 2.24) is 4.98 Å². The van der Waals surface area contributed by atoms with Gasteiger partial charge in [-0.15, -0.1) is 11.8 Å². The van der Waals surface area contributed by atoms with Crippen LogP contribution in [0.15, 0.2) is 70.3 Å². The summed E-state index contributed by atoms with van der Waals surface area (Å²) in [5, 5.41) is 12.6. The molecule has 0 fully saturated rings. The highest BCUT2D eigenvalue weighted by Gasteiger charge is 2.12. The third-order valence-electron chi connectivity index (χ3n) is 3.28. The smallest absolute Gasteiger partial charge is 0.0904 e. The minimum atomic E-state index is -0.530. The lowest BCUT2D eigenvalue weighted by Crippen LogP contribution is -2.02. The average molecular weight is 360 g/mol. The van der Waals surface area contributed by atoms with Gasteiger partial charge in [0.2, 0.25) is 0 Å². The number of benzene rings is 2. The summed E-state index contributed by atoms with van der Waals surface area (Å²) in [5.41, 5.74) is 0.887. The van der Waals surface area contributed by atoms with Gasteiger partial charge in [-0.3, -0.25) is 4.98 Å². The maximum Gasteiger partial charge on any atom is 0.0904 e. The summed E-state index contributed by atoms with van der Waals surface area (Å²) in [5.74, 6) is 0.608. The number of thioether (sulfide) groups is 1. The Balaban J connectivity index is 1.78. The predicted molar refractivity (Wildman–Crippen MR) is 91.6 cm³/mol.